The Labute approximate surface area is 431 Å². The highest BCUT2D eigenvalue weighted by Crippen LogP contribution is 2.42. The van der Waals surface area contributed by atoms with E-state index in [-0.39, 0.29) is 128 Å². The molecule has 20 heteroatoms. The van der Waals surface area contributed by atoms with E-state index in [0.29, 0.717) is 16.1 Å². The maximum atomic E-state index is 13.7. The second-order valence-electron chi connectivity index (χ2n) is 12.2. The van der Waals surface area contributed by atoms with E-state index >= 15 is 0 Å². The van der Waals surface area contributed by atoms with Gasteiger partial charge in [0, 0.05) is 23.8 Å². The fourth-order valence-corrected chi connectivity index (χ4v) is 5.95. The highest BCUT2D eigenvalue weighted by molar-refractivity contribution is 7.22. The quantitative estimate of drug-likeness (QED) is 0.0106. The van der Waals surface area contributed by atoms with Crippen molar-refractivity contribution in [3.63, 3.8) is 0 Å². The molecule has 5 aromatic rings. The first-order valence-corrected chi connectivity index (χ1v) is 19.2. The summed E-state index contributed by atoms with van der Waals surface area (Å²) in [5.41, 5.74) is 0.976. The topological polar surface area (TPSA) is 241 Å². The molecule has 0 saturated carbocycles. The molecule has 0 atom stereocenters. The molecule has 5 rings (SSSR count). The van der Waals surface area contributed by atoms with Crippen molar-refractivity contribution < 1.29 is 81.2 Å². The summed E-state index contributed by atoms with van der Waals surface area (Å²) in [6.07, 6.45) is 3.80. The van der Waals surface area contributed by atoms with E-state index in [1.54, 1.807) is 24.3 Å². The van der Waals surface area contributed by atoms with Crippen LogP contribution in [0.3, 0.4) is 0 Å². The molecule has 0 aliphatic carbocycles. The van der Waals surface area contributed by atoms with Gasteiger partial charge in [-0.05, 0) is 66.7 Å². The molecule has 0 bridgehead atoms. The summed E-state index contributed by atoms with van der Waals surface area (Å²) in [7, 11) is 0. The second kappa shape index (κ2) is 35.5. The number of aromatic nitrogens is 1. The van der Waals surface area contributed by atoms with Crippen LogP contribution in [0.1, 0.15) is 85.7 Å². The Kier molecular flexibility index (Phi) is 34.4. The van der Waals surface area contributed by atoms with Gasteiger partial charge in [0.1, 0.15) is 21.8 Å². The van der Waals surface area contributed by atoms with Gasteiger partial charge in [-0.15, -0.1) is 16.2 Å². The first-order valence-electron chi connectivity index (χ1n) is 18.4. The molecule has 0 amide bonds. The third-order valence-corrected chi connectivity index (χ3v) is 9.12. The highest BCUT2D eigenvalue weighted by atomic mass is 32.1. The van der Waals surface area contributed by atoms with Gasteiger partial charge in [-0.2, -0.15) is 5.26 Å². The Morgan fingerprint density at radius 2 is 1.01 bits per heavy atom. The number of benzene rings is 4. The molecule has 0 spiro atoms. The van der Waals surface area contributed by atoms with E-state index in [9.17, 15) is 34.0 Å². The molecule has 73 heavy (non-hydrogen) atoms. The van der Waals surface area contributed by atoms with Crippen LogP contribution in [0.2, 0.25) is 0 Å². The summed E-state index contributed by atoms with van der Waals surface area (Å²) in [5, 5.41) is 9.73. The largest absolute Gasteiger partial charge is 0.464 e. The molecule has 396 valence electrons. The van der Waals surface area contributed by atoms with Crippen LogP contribution in [0.5, 0.6) is 34.5 Å². The number of nitrogens with zero attached hydrogens (tertiary/aromatic N) is 2. The Hall–Kier alpha value is -8.64. The van der Waals surface area contributed by atoms with Crippen molar-refractivity contribution in [3.05, 3.63) is 140 Å². The Bertz CT molecular complexity index is 2690. The lowest BCUT2D eigenvalue weighted by atomic mass is 10.1. The van der Waals surface area contributed by atoms with Crippen molar-refractivity contribution in [1.29, 1.82) is 5.26 Å². The number of ketones is 1. The number of carbonyl (C=O) groups is 6. The maximum absolute atomic E-state index is 13.7. The van der Waals surface area contributed by atoms with E-state index < -0.39 is 57.0 Å². The molecule has 0 fully saturated rings. The van der Waals surface area contributed by atoms with E-state index in [2.05, 4.69) is 31.2 Å². The lowest BCUT2D eigenvalue weighted by Gasteiger charge is -2.14. The van der Waals surface area contributed by atoms with Crippen LogP contribution in [-0.2, 0) is 43.2 Å². The zero-order valence-electron chi connectivity index (χ0n) is 33.8. The van der Waals surface area contributed by atoms with Crippen molar-refractivity contribution in [2.45, 2.75) is 59.4 Å². The van der Waals surface area contributed by atoms with Crippen LogP contribution in [0.15, 0.2) is 123 Å². The van der Waals surface area contributed by atoms with Gasteiger partial charge in [-0.1, -0.05) is 97.9 Å². The second-order valence-corrected chi connectivity index (χ2v) is 13.2. The van der Waals surface area contributed by atoms with Crippen LogP contribution >= 0.6 is 11.3 Å². The van der Waals surface area contributed by atoms with Crippen LogP contribution in [0.4, 0.5) is 0 Å². The fraction of sp³-hybridized carbons (Fsp3) is 0.245. The number of esters is 4. The number of rotatable bonds is 24. The minimum atomic E-state index is -0.903. The lowest BCUT2D eigenvalue weighted by Crippen LogP contribution is -2.13. The van der Waals surface area contributed by atoms with Gasteiger partial charge in [-0.25, -0.2) is 29.0 Å². The molecule has 0 saturated heterocycles. The van der Waals surface area contributed by atoms with Crippen molar-refractivity contribution in [2.24, 2.45) is 0 Å². The van der Waals surface area contributed by atoms with E-state index in [0.717, 1.165) is 35.6 Å². The van der Waals surface area contributed by atoms with Gasteiger partial charge in [0.05, 0.1) is 22.8 Å². The highest BCUT2D eigenvalue weighted by Gasteiger charge is 2.23. The first kappa shape index (κ1) is 70.9. The van der Waals surface area contributed by atoms with Crippen LogP contribution in [-0.4, -0.2) is 74.4 Å². The molecular formula is C53H66N2O17S. The first-order chi connectivity index (χ1) is 31.5. The van der Waals surface area contributed by atoms with E-state index in [4.69, 9.17) is 52.5 Å². The summed E-state index contributed by atoms with van der Waals surface area (Å²) in [6, 6.07) is 19.1. The minimum Gasteiger partial charge on any atom is -0.464 e. The van der Waals surface area contributed by atoms with Crippen molar-refractivity contribution in [3.8, 4) is 51.1 Å². The molecule has 0 N–H and O–H groups in total. The number of hydrogen-bond donors (Lipinski definition) is 0. The summed E-state index contributed by atoms with van der Waals surface area (Å²) >= 11 is 1.09. The standard InChI is InChI=1S/C45H34N2O17S.8CH4/c1-5-31(48)22-54-23-55-32-15-13-29(20-37(32)58-26-61-64-40(51)8-4)44(52)62-34-17-18-35(42-41(34)47-43(65-42)28-11-9-27(21-46)10-12-28)63-45(53)30-14-16-33(56-24-59-38(49)6-2)36(19-30)57-25-60-39(50)7-3;;;;;;;;/h5-20H,1-4,22-26H2;8*1H4. The molecular weight excluding hydrogens is 969 g/mol. The molecule has 1 aromatic heterocycles. The molecule has 0 aliphatic heterocycles. The van der Waals surface area contributed by atoms with Gasteiger partial charge in [0.15, 0.2) is 47.1 Å². The van der Waals surface area contributed by atoms with Crippen molar-refractivity contribution in [1.82, 2.24) is 4.98 Å². The average molecular weight is 1040 g/mol. The van der Waals surface area contributed by atoms with Gasteiger partial charge in [0.2, 0.25) is 20.4 Å². The van der Waals surface area contributed by atoms with Crippen molar-refractivity contribution >= 4 is 57.2 Å². The number of fused-ring (bicyclic) bond motifs is 1. The zero-order valence-corrected chi connectivity index (χ0v) is 34.7. The van der Waals surface area contributed by atoms with Gasteiger partial charge >= 0.3 is 29.8 Å². The third kappa shape index (κ3) is 20.3. The summed E-state index contributed by atoms with van der Waals surface area (Å²) in [5.74, 6) is -4.80. The van der Waals surface area contributed by atoms with Crippen LogP contribution in [0.25, 0.3) is 20.8 Å². The Balaban J connectivity index is -0.00000298. The SMILES string of the molecule is C.C.C.C.C.C.C.C.C=CC(=O)COCOc1ccc(C(=O)Oc2ccc(OC(=O)c3ccc(OCOC(=O)C=C)c(OCOC(=O)C=C)c3)c3sc(-c4ccc(C#N)cc4)nc23)cc1OCOOC(=O)C=C. The lowest BCUT2D eigenvalue weighted by molar-refractivity contribution is -0.293. The molecule has 0 unspecified atom stereocenters. The molecule has 4 aromatic carbocycles. The molecule has 1 heterocycles. The molecule has 19 nitrogen and oxygen atoms in total. The smallest absolute Gasteiger partial charge is 0.365 e. The molecule has 0 aliphatic rings. The number of carbonyl (C=O) groups excluding carboxylic acids is 6. The number of nitriles is 1. The third-order valence-electron chi connectivity index (χ3n) is 8.00. The Morgan fingerprint density at radius 3 is 1.52 bits per heavy atom. The van der Waals surface area contributed by atoms with E-state index in [1.165, 1.54) is 48.5 Å². The number of ether oxygens (including phenoxy) is 9. The fourth-order valence-electron chi connectivity index (χ4n) is 4.92. The van der Waals surface area contributed by atoms with Gasteiger partial charge < -0.3 is 42.6 Å². The van der Waals surface area contributed by atoms with Crippen LogP contribution in [0, 0.1) is 11.3 Å². The summed E-state index contributed by atoms with van der Waals surface area (Å²) in [6.45, 7) is 10.7. The van der Waals surface area contributed by atoms with Gasteiger partial charge in [0.25, 0.3) is 0 Å². The average Bonchev–Trinajstić information content (AvgIpc) is 3.79. The summed E-state index contributed by atoms with van der Waals surface area (Å²) in [4.78, 5) is 87.4. The van der Waals surface area contributed by atoms with Crippen LogP contribution < -0.4 is 28.4 Å². The predicted molar refractivity (Wildman–Crippen MR) is 280 cm³/mol. The number of hydrogen-bond acceptors (Lipinski definition) is 20. The minimum absolute atomic E-state index is 0. The normalized spacial score (nSPS) is 9.14. The predicted octanol–water partition coefficient (Wildman–Crippen LogP) is 11.6. The van der Waals surface area contributed by atoms with E-state index in [1.807, 2.05) is 6.07 Å². The summed E-state index contributed by atoms with van der Waals surface area (Å²) < 4.78 is 48.9. The number of thiazole rings is 1. The zero-order chi connectivity index (χ0) is 46.7. The monoisotopic (exact) mass is 1030 g/mol. The maximum Gasteiger partial charge on any atom is 0.365 e. The van der Waals surface area contributed by atoms with Crippen molar-refractivity contribution in [2.75, 3.05) is 33.8 Å². The molecule has 0 radical (unpaired) electrons. The van der Waals surface area contributed by atoms with Gasteiger partial charge in [-0.3, -0.25) is 9.68 Å². The Morgan fingerprint density at radius 1 is 0.548 bits per heavy atom.